The van der Waals surface area contributed by atoms with E-state index in [1.807, 2.05) is 24.3 Å². The summed E-state index contributed by atoms with van der Waals surface area (Å²) in [7, 11) is 0. The first-order chi connectivity index (χ1) is 6.70. The average molecular weight is 214 g/mol. The van der Waals surface area contributed by atoms with Crippen LogP contribution in [-0.4, -0.2) is 13.3 Å². The van der Waals surface area contributed by atoms with Crippen molar-refractivity contribution in [3.05, 3.63) is 42.2 Å². The summed E-state index contributed by atoms with van der Waals surface area (Å²) < 4.78 is 28.1. The molecule has 1 aliphatic rings. The fourth-order valence-electron chi connectivity index (χ4n) is 1.08. The molecule has 0 saturated carbocycles. The second kappa shape index (κ2) is 5.54. The fraction of sp³-hybridized carbons (Fsp3) is 0.111. The summed E-state index contributed by atoms with van der Waals surface area (Å²) in [6.45, 7) is 0. The lowest BCUT2D eigenvalue weighted by molar-refractivity contribution is 0.454. The van der Waals surface area contributed by atoms with Gasteiger partial charge in [-0.05, 0) is 24.1 Å². The standard InChI is InChI=1S/C9H8O.H2O3S/c1-2-6-9-8(4-1)5-3-7-10-9;1-4(2)3/h1-4,6-7H,5H2;(H2,1,2,3). The van der Waals surface area contributed by atoms with Gasteiger partial charge >= 0.3 is 0 Å². The molecule has 2 N–H and O–H groups in total. The molecule has 5 heteroatoms. The largest absolute Gasteiger partial charge is 0.465 e. The topological polar surface area (TPSA) is 66.8 Å². The molecule has 0 unspecified atom stereocenters. The van der Waals surface area contributed by atoms with Gasteiger partial charge in [-0.1, -0.05) is 18.2 Å². The van der Waals surface area contributed by atoms with E-state index in [1.54, 1.807) is 6.26 Å². The Morgan fingerprint density at radius 3 is 2.57 bits per heavy atom. The quantitative estimate of drug-likeness (QED) is 0.646. The maximum Gasteiger partial charge on any atom is 0.299 e. The number of fused-ring (bicyclic) bond motifs is 1. The Bertz CT molecular complexity index is 317. The molecule has 0 saturated heterocycles. The summed E-state index contributed by atoms with van der Waals surface area (Å²) in [6.07, 6.45) is 4.75. The van der Waals surface area contributed by atoms with Gasteiger partial charge in [-0.2, -0.15) is 4.21 Å². The van der Waals surface area contributed by atoms with Crippen molar-refractivity contribution < 1.29 is 18.1 Å². The molecule has 0 aliphatic carbocycles. The van der Waals surface area contributed by atoms with Gasteiger partial charge < -0.3 is 4.74 Å². The van der Waals surface area contributed by atoms with Crippen molar-refractivity contribution in [2.75, 3.05) is 0 Å². The lowest BCUT2D eigenvalue weighted by atomic mass is 10.1. The molecule has 0 radical (unpaired) electrons. The van der Waals surface area contributed by atoms with Crippen LogP contribution in [0.25, 0.3) is 0 Å². The van der Waals surface area contributed by atoms with E-state index >= 15 is 0 Å². The van der Waals surface area contributed by atoms with Gasteiger partial charge in [0.2, 0.25) is 0 Å². The molecular formula is C9H10O4S. The van der Waals surface area contributed by atoms with Crippen LogP contribution in [0.1, 0.15) is 5.56 Å². The summed E-state index contributed by atoms with van der Waals surface area (Å²) in [5.74, 6) is 0.991. The molecule has 0 amide bonds. The van der Waals surface area contributed by atoms with E-state index in [4.69, 9.17) is 18.1 Å². The van der Waals surface area contributed by atoms with E-state index in [0.717, 1.165) is 12.2 Å². The van der Waals surface area contributed by atoms with Gasteiger partial charge in [0.15, 0.2) is 0 Å². The van der Waals surface area contributed by atoms with Crippen LogP contribution in [0.4, 0.5) is 0 Å². The van der Waals surface area contributed by atoms with Gasteiger partial charge in [0.25, 0.3) is 11.4 Å². The van der Waals surface area contributed by atoms with Crippen LogP contribution >= 0.6 is 0 Å². The van der Waals surface area contributed by atoms with Gasteiger partial charge in [0, 0.05) is 0 Å². The molecule has 1 aliphatic heterocycles. The minimum Gasteiger partial charge on any atom is -0.465 e. The SMILES string of the molecule is C1=COc2ccccc2C1.O=S(O)O. The number of para-hydroxylation sites is 1. The molecule has 1 aromatic carbocycles. The summed E-state index contributed by atoms with van der Waals surface area (Å²) in [4.78, 5) is 0. The zero-order chi connectivity index (χ0) is 10.4. The Labute approximate surface area is 84.3 Å². The van der Waals surface area contributed by atoms with E-state index in [9.17, 15) is 0 Å². The Kier molecular flexibility index (Phi) is 4.31. The van der Waals surface area contributed by atoms with Crippen LogP contribution in [0.15, 0.2) is 36.6 Å². The van der Waals surface area contributed by atoms with Gasteiger partial charge in [-0.25, -0.2) is 0 Å². The van der Waals surface area contributed by atoms with Gasteiger partial charge in [0.05, 0.1) is 6.26 Å². The Morgan fingerprint density at radius 2 is 1.93 bits per heavy atom. The highest BCUT2D eigenvalue weighted by Crippen LogP contribution is 2.21. The second-order valence-electron chi connectivity index (χ2n) is 2.53. The normalized spacial score (nSPS) is 12.5. The monoisotopic (exact) mass is 214 g/mol. The molecule has 1 aromatic rings. The molecule has 1 heterocycles. The zero-order valence-corrected chi connectivity index (χ0v) is 8.11. The first-order valence-electron chi connectivity index (χ1n) is 3.89. The Balaban J connectivity index is 0.000000213. The van der Waals surface area contributed by atoms with Crippen LogP contribution in [0.2, 0.25) is 0 Å². The molecule has 76 valence electrons. The summed E-state index contributed by atoms with van der Waals surface area (Å²) in [5.41, 5.74) is 1.27. The fourth-order valence-corrected chi connectivity index (χ4v) is 1.08. The number of allylic oxidation sites excluding steroid dienone is 1. The highest BCUT2D eigenvalue weighted by atomic mass is 32.2. The maximum atomic E-state index is 8.67. The van der Waals surface area contributed by atoms with Crippen molar-refractivity contribution in [3.8, 4) is 5.75 Å². The van der Waals surface area contributed by atoms with Crippen molar-refractivity contribution in [2.24, 2.45) is 0 Å². The lowest BCUT2D eigenvalue weighted by Crippen LogP contribution is -1.94. The van der Waals surface area contributed by atoms with Crippen LogP contribution in [0.3, 0.4) is 0 Å². The Hall–Kier alpha value is -1.17. The molecule has 0 bridgehead atoms. The molecular weight excluding hydrogens is 204 g/mol. The minimum absolute atomic E-state index is 0.991. The third kappa shape index (κ3) is 3.69. The van der Waals surface area contributed by atoms with Crippen LogP contribution in [-0.2, 0) is 17.8 Å². The number of hydrogen-bond acceptors (Lipinski definition) is 2. The lowest BCUT2D eigenvalue weighted by Gasteiger charge is -2.09. The van der Waals surface area contributed by atoms with Gasteiger partial charge in [-0.3, -0.25) is 9.11 Å². The summed E-state index contributed by atoms with van der Waals surface area (Å²) in [6, 6.07) is 8.08. The average Bonchev–Trinajstić information content (AvgIpc) is 2.17. The molecule has 2 rings (SSSR count). The highest BCUT2D eigenvalue weighted by Gasteiger charge is 2.02. The van der Waals surface area contributed by atoms with Crippen molar-refractivity contribution in [1.29, 1.82) is 0 Å². The number of rotatable bonds is 0. The molecule has 0 aromatic heterocycles. The first-order valence-corrected chi connectivity index (χ1v) is 4.96. The smallest absolute Gasteiger partial charge is 0.299 e. The number of hydrogen-bond donors (Lipinski definition) is 2. The van der Waals surface area contributed by atoms with E-state index in [2.05, 4.69) is 6.07 Å². The van der Waals surface area contributed by atoms with E-state index < -0.39 is 11.4 Å². The molecule has 4 nitrogen and oxygen atoms in total. The molecule has 0 atom stereocenters. The van der Waals surface area contributed by atoms with Gasteiger partial charge in [-0.15, -0.1) is 0 Å². The van der Waals surface area contributed by atoms with E-state index in [0.29, 0.717) is 0 Å². The third-order valence-corrected chi connectivity index (χ3v) is 1.60. The third-order valence-electron chi connectivity index (χ3n) is 1.60. The second-order valence-corrected chi connectivity index (χ2v) is 2.99. The molecule has 14 heavy (non-hydrogen) atoms. The number of ether oxygens (including phenoxy) is 1. The van der Waals surface area contributed by atoms with Crippen LogP contribution in [0, 0.1) is 0 Å². The first kappa shape index (κ1) is 10.9. The van der Waals surface area contributed by atoms with Gasteiger partial charge in [0.1, 0.15) is 5.75 Å². The zero-order valence-electron chi connectivity index (χ0n) is 7.29. The predicted molar refractivity (Wildman–Crippen MR) is 53.3 cm³/mol. The maximum absolute atomic E-state index is 8.67. The molecule has 0 fully saturated rings. The molecule has 0 spiro atoms. The van der Waals surface area contributed by atoms with E-state index in [1.165, 1.54) is 5.56 Å². The predicted octanol–water partition coefficient (Wildman–Crippen LogP) is 1.82. The van der Waals surface area contributed by atoms with E-state index in [-0.39, 0.29) is 0 Å². The Morgan fingerprint density at radius 1 is 1.29 bits per heavy atom. The van der Waals surface area contributed by atoms with Crippen LogP contribution in [0.5, 0.6) is 5.75 Å². The van der Waals surface area contributed by atoms with Crippen molar-refractivity contribution in [3.63, 3.8) is 0 Å². The van der Waals surface area contributed by atoms with Crippen molar-refractivity contribution in [1.82, 2.24) is 0 Å². The highest BCUT2D eigenvalue weighted by molar-refractivity contribution is 7.73. The summed E-state index contributed by atoms with van der Waals surface area (Å²) >= 11 is -2.61. The van der Waals surface area contributed by atoms with Crippen molar-refractivity contribution >= 4 is 11.4 Å². The van der Waals surface area contributed by atoms with Crippen molar-refractivity contribution in [2.45, 2.75) is 6.42 Å². The summed E-state index contributed by atoms with van der Waals surface area (Å²) in [5, 5.41) is 0. The van der Waals surface area contributed by atoms with Crippen LogP contribution < -0.4 is 4.74 Å². The number of benzene rings is 1. The minimum atomic E-state index is -2.61.